The Kier molecular flexibility index (Phi) is 5.31. The highest BCUT2D eigenvalue weighted by atomic mass is 32.2. The Labute approximate surface area is 136 Å². The Bertz CT molecular complexity index is 844. The van der Waals surface area contributed by atoms with Crippen LogP contribution in [0.1, 0.15) is 21.5 Å². The van der Waals surface area contributed by atoms with Gasteiger partial charge >= 0.3 is 0 Å². The monoisotopic (exact) mass is 356 g/mol. The Morgan fingerprint density at radius 2 is 1.92 bits per heavy atom. The number of benzene rings is 2. The van der Waals surface area contributed by atoms with Gasteiger partial charge < -0.3 is 0 Å². The molecule has 0 aliphatic heterocycles. The summed E-state index contributed by atoms with van der Waals surface area (Å²) in [4.78, 5) is 22.4. The van der Waals surface area contributed by atoms with Gasteiger partial charge in [0, 0.05) is 22.1 Å². The highest BCUT2D eigenvalue weighted by molar-refractivity contribution is 7.80. The number of anilines is 1. The molecule has 24 heavy (non-hydrogen) atoms. The molecule has 0 aromatic heterocycles. The van der Waals surface area contributed by atoms with Crippen LogP contribution in [-0.2, 0) is 17.8 Å². The molecule has 0 amide bonds. The van der Waals surface area contributed by atoms with Gasteiger partial charge in [0.2, 0.25) is 6.54 Å². The van der Waals surface area contributed by atoms with Crippen molar-refractivity contribution in [3.8, 4) is 0 Å². The van der Waals surface area contributed by atoms with Crippen molar-refractivity contribution in [1.29, 1.82) is 0 Å². The Balaban J connectivity index is 2.53. The molecule has 0 aliphatic carbocycles. The third-order valence-corrected chi connectivity index (χ3v) is 3.41. The largest absolute Gasteiger partial charge is 0.289 e. The second-order valence-electron chi connectivity index (χ2n) is 4.68. The first kappa shape index (κ1) is 17.6. The molecule has 2 aromatic rings. The van der Waals surface area contributed by atoms with Gasteiger partial charge in [0.05, 0.1) is 11.3 Å². The van der Waals surface area contributed by atoms with E-state index in [1.807, 2.05) is 0 Å². The molecule has 0 heterocycles. The van der Waals surface area contributed by atoms with Gasteiger partial charge in [-0.1, -0.05) is 6.07 Å². The van der Waals surface area contributed by atoms with Crippen molar-refractivity contribution in [3.05, 3.63) is 74.8 Å². The minimum absolute atomic E-state index is 0.114. The minimum atomic E-state index is -2.52. The van der Waals surface area contributed by atoms with E-state index in [0.717, 1.165) is 18.2 Å². The summed E-state index contributed by atoms with van der Waals surface area (Å²) in [6.07, 6.45) is 0. The molecule has 0 saturated heterocycles. The number of halogens is 2. The van der Waals surface area contributed by atoms with Gasteiger partial charge in [-0.05, 0) is 24.3 Å². The fourth-order valence-corrected chi connectivity index (χ4v) is 2.39. The van der Waals surface area contributed by atoms with Crippen molar-refractivity contribution in [2.24, 2.45) is 0 Å². The molecule has 0 aliphatic rings. The maximum atomic E-state index is 13.8. The van der Waals surface area contributed by atoms with Gasteiger partial charge in [0.1, 0.15) is 11.6 Å². The molecule has 0 fully saturated rings. The zero-order valence-corrected chi connectivity index (χ0v) is 12.7. The number of nitrogens with one attached hydrogen (secondary N) is 1. The van der Waals surface area contributed by atoms with Crippen LogP contribution in [-0.4, -0.2) is 19.5 Å². The van der Waals surface area contributed by atoms with Crippen LogP contribution in [0.15, 0.2) is 36.4 Å². The van der Waals surface area contributed by atoms with Crippen molar-refractivity contribution in [2.75, 3.05) is 4.72 Å². The Morgan fingerprint density at radius 1 is 1.21 bits per heavy atom. The number of hydrogen-bond donors (Lipinski definition) is 2. The lowest BCUT2D eigenvalue weighted by Gasteiger charge is -2.10. The highest BCUT2D eigenvalue weighted by Crippen LogP contribution is 2.23. The number of nitro groups is 1. The molecule has 0 spiro atoms. The predicted octanol–water partition coefficient (Wildman–Crippen LogP) is 2.52. The van der Waals surface area contributed by atoms with E-state index in [-0.39, 0.29) is 16.8 Å². The lowest BCUT2D eigenvalue weighted by molar-refractivity contribution is -0.496. The third-order valence-electron chi connectivity index (χ3n) is 3.01. The van der Waals surface area contributed by atoms with Crippen LogP contribution in [0.4, 0.5) is 14.5 Å². The third kappa shape index (κ3) is 4.18. The molecular weight excluding hydrogens is 346 g/mol. The van der Waals surface area contributed by atoms with E-state index >= 15 is 0 Å². The first-order chi connectivity index (χ1) is 11.3. The van der Waals surface area contributed by atoms with E-state index < -0.39 is 45.7 Å². The maximum Gasteiger partial charge on any atom is 0.259 e. The van der Waals surface area contributed by atoms with Crippen LogP contribution in [0, 0.1) is 21.7 Å². The summed E-state index contributed by atoms with van der Waals surface area (Å²) >= 11 is -2.52. The van der Waals surface area contributed by atoms with Gasteiger partial charge in [-0.2, -0.15) is 0 Å². The smallest absolute Gasteiger partial charge is 0.259 e. The van der Waals surface area contributed by atoms with Crippen LogP contribution in [0.25, 0.3) is 0 Å². The summed E-state index contributed by atoms with van der Waals surface area (Å²) in [6.45, 7) is -0.589. The van der Waals surface area contributed by atoms with Crippen LogP contribution < -0.4 is 4.72 Å². The zero-order chi connectivity index (χ0) is 17.9. The van der Waals surface area contributed by atoms with E-state index in [1.165, 1.54) is 12.1 Å². The maximum absolute atomic E-state index is 13.8. The standard InChI is InChI=1S/C14H10F2N2O5S/c15-9-2-3-10(12(16)6-9)14(19)11-5-8(7-18(20)21)1-4-13(11)17-24(22)23/h1-6,17H,7H2,(H,22,23). The number of carbonyl (C=O) groups is 1. The molecular formula is C14H10F2N2O5S. The number of rotatable bonds is 6. The van der Waals surface area contributed by atoms with Gasteiger partial charge in [0.25, 0.3) is 11.3 Å². The number of nitrogens with zero attached hydrogens (tertiary/aromatic N) is 1. The molecule has 1 atom stereocenters. The van der Waals surface area contributed by atoms with Crippen molar-refractivity contribution >= 4 is 22.7 Å². The molecule has 2 N–H and O–H groups in total. The number of hydrogen-bond acceptors (Lipinski definition) is 4. The zero-order valence-electron chi connectivity index (χ0n) is 11.9. The SMILES string of the molecule is O=C(c1ccc(F)cc1F)c1cc(C[N+](=O)[O-])ccc1NS(=O)O. The molecule has 1 unspecified atom stereocenters. The Hall–Kier alpha value is -2.72. The van der Waals surface area contributed by atoms with Crippen LogP contribution >= 0.6 is 0 Å². The predicted molar refractivity (Wildman–Crippen MR) is 81.3 cm³/mol. The van der Waals surface area contributed by atoms with Gasteiger partial charge in [-0.25, -0.2) is 13.0 Å². The van der Waals surface area contributed by atoms with Gasteiger partial charge in [0.15, 0.2) is 5.78 Å². The van der Waals surface area contributed by atoms with Gasteiger partial charge in [-0.3, -0.25) is 24.2 Å². The van der Waals surface area contributed by atoms with E-state index in [9.17, 15) is 27.9 Å². The fourth-order valence-electron chi connectivity index (χ4n) is 2.03. The van der Waals surface area contributed by atoms with E-state index in [4.69, 9.17) is 4.55 Å². The van der Waals surface area contributed by atoms with Gasteiger partial charge in [-0.15, -0.1) is 0 Å². The molecule has 10 heteroatoms. The molecule has 7 nitrogen and oxygen atoms in total. The summed E-state index contributed by atoms with van der Waals surface area (Å²) in [5, 5.41) is 10.6. The van der Waals surface area contributed by atoms with Crippen molar-refractivity contribution < 1.29 is 27.3 Å². The number of ketones is 1. The molecule has 2 aromatic carbocycles. The molecule has 0 saturated carbocycles. The summed E-state index contributed by atoms with van der Waals surface area (Å²) in [7, 11) is 0. The van der Waals surface area contributed by atoms with Crippen LogP contribution in [0.5, 0.6) is 0 Å². The summed E-state index contributed by atoms with van der Waals surface area (Å²) in [6, 6.07) is 5.92. The second kappa shape index (κ2) is 7.23. The summed E-state index contributed by atoms with van der Waals surface area (Å²) in [5.41, 5.74) is -0.694. The first-order valence-corrected chi connectivity index (χ1v) is 7.50. The average Bonchev–Trinajstić information content (AvgIpc) is 2.47. The fraction of sp³-hybridized carbons (Fsp3) is 0.0714. The molecule has 2 rings (SSSR count). The lowest BCUT2D eigenvalue weighted by atomic mass is 9.99. The Morgan fingerprint density at radius 3 is 2.50 bits per heavy atom. The first-order valence-electron chi connectivity index (χ1n) is 6.40. The van der Waals surface area contributed by atoms with E-state index in [0.29, 0.717) is 6.07 Å². The lowest BCUT2D eigenvalue weighted by Crippen LogP contribution is -2.12. The average molecular weight is 356 g/mol. The quantitative estimate of drug-likeness (QED) is 0.358. The van der Waals surface area contributed by atoms with E-state index in [1.54, 1.807) is 0 Å². The molecule has 126 valence electrons. The normalized spacial score (nSPS) is 11.8. The van der Waals surface area contributed by atoms with Crippen LogP contribution in [0.2, 0.25) is 0 Å². The molecule has 0 bridgehead atoms. The summed E-state index contributed by atoms with van der Waals surface area (Å²) in [5.74, 6) is -2.90. The van der Waals surface area contributed by atoms with Crippen molar-refractivity contribution in [1.82, 2.24) is 0 Å². The van der Waals surface area contributed by atoms with Crippen molar-refractivity contribution in [2.45, 2.75) is 6.54 Å². The topological polar surface area (TPSA) is 110 Å². The molecule has 0 radical (unpaired) electrons. The minimum Gasteiger partial charge on any atom is -0.289 e. The number of carbonyl (C=O) groups excluding carboxylic acids is 1. The van der Waals surface area contributed by atoms with E-state index in [2.05, 4.69) is 4.72 Å². The highest BCUT2D eigenvalue weighted by Gasteiger charge is 2.20. The summed E-state index contributed by atoms with van der Waals surface area (Å²) < 4.78 is 48.6. The second-order valence-corrected chi connectivity index (χ2v) is 5.38. The van der Waals surface area contributed by atoms with Crippen LogP contribution in [0.3, 0.4) is 0 Å². The van der Waals surface area contributed by atoms with Crippen molar-refractivity contribution in [3.63, 3.8) is 0 Å².